The SMILES string of the molecule is COc1cccc2cc3cccc(Br)c3cc12. The van der Waals surface area contributed by atoms with Crippen molar-refractivity contribution in [1.29, 1.82) is 0 Å². The maximum atomic E-state index is 5.40. The number of hydrogen-bond acceptors (Lipinski definition) is 1. The van der Waals surface area contributed by atoms with Crippen molar-refractivity contribution in [2.24, 2.45) is 0 Å². The van der Waals surface area contributed by atoms with Gasteiger partial charge in [-0.05, 0) is 40.4 Å². The van der Waals surface area contributed by atoms with E-state index in [0.29, 0.717) is 0 Å². The van der Waals surface area contributed by atoms with Gasteiger partial charge in [0.05, 0.1) is 7.11 Å². The highest BCUT2D eigenvalue weighted by Gasteiger charge is 2.04. The smallest absolute Gasteiger partial charge is 0.126 e. The first-order valence-corrected chi connectivity index (χ1v) is 6.24. The van der Waals surface area contributed by atoms with Gasteiger partial charge >= 0.3 is 0 Å². The maximum absolute atomic E-state index is 5.40. The molecule has 3 aromatic carbocycles. The summed E-state index contributed by atoms with van der Waals surface area (Å²) in [7, 11) is 1.71. The van der Waals surface area contributed by atoms with Gasteiger partial charge in [-0.3, -0.25) is 0 Å². The van der Waals surface area contributed by atoms with Crippen LogP contribution in [0, 0.1) is 0 Å². The Hall–Kier alpha value is -1.54. The van der Waals surface area contributed by atoms with Gasteiger partial charge in [-0.15, -0.1) is 0 Å². The minimum absolute atomic E-state index is 0.917. The van der Waals surface area contributed by atoms with Gasteiger partial charge in [0.15, 0.2) is 0 Å². The molecule has 0 atom stereocenters. The van der Waals surface area contributed by atoms with E-state index in [-0.39, 0.29) is 0 Å². The Morgan fingerprint density at radius 1 is 0.882 bits per heavy atom. The van der Waals surface area contributed by atoms with Crippen LogP contribution in [0.1, 0.15) is 0 Å². The lowest BCUT2D eigenvalue weighted by Crippen LogP contribution is -1.85. The second-order valence-electron chi connectivity index (χ2n) is 3.99. The third kappa shape index (κ3) is 1.69. The molecular weight excluding hydrogens is 276 g/mol. The summed E-state index contributed by atoms with van der Waals surface area (Å²) in [5, 5.41) is 4.80. The normalized spacial score (nSPS) is 10.9. The van der Waals surface area contributed by atoms with Gasteiger partial charge in [0.25, 0.3) is 0 Å². The van der Waals surface area contributed by atoms with Crippen molar-refractivity contribution in [3.63, 3.8) is 0 Å². The number of ether oxygens (including phenoxy) is 1. The third-order valence-electron chi connectivity index (χ3n) is 3.01. The van der Waals surface area contributed by atoms with E-state index in [0.717, 1.165) is 15.6 Å². The van der Waals surface area contributed by atoms with Crippen molar-refractivity contribution in [2.45, 2.75) is 0 Å². The first-order chi connectivity index (χ1) is 8.29. The number of halogens is 1. The molecule has 0 bridgehead atoms. The Bertz CT molecular complexity index is 704. The van der Waals surface area contributed by atoms with E-state index in [1.54, 1.807) is 7.11 Å². The molecule has 3 rings (SSSR count). The van der Waals surface area contributed by atoms with E-state index in [4.69, 9.17) is 4.74 Å². The largest absolute Gasteiger partial charge is 0.496 e. The Balaban J connectivity index is 2.49. The molecule has 1 nitrogen and oxygen atoms in total. The molecule has 0 amide bonds. The summed E-state index contributed by atoms with van der Waals surface area (Å²) in [6.07, 6.45) is 0. The molecule has 0 unspecified atom stereocenters. The molecule has 0 aromatic heterocycles. The van der Waals surface area contributed by atoms with E-state index in [9.17, 15) is 0 Å². The lowest BCUT2D eigenvalue weighted by molar-refractivity contribution is 0.420. The van der Waals surface area contributed by atoms with Crippen LogP contribution in [0.5, 0.6) is 5.75 Å². The predicted octanol–water partition coefficient (Wildman–Crippen LogP) is 4.76. The van der Waals surface area contributed by atoms with Crippen LogP contribution in [-0.4, -0.2) is 7.11 Å². The highest BCUT2D eigenvalue weighted by Crippen LogP contribution is 2.32. The molecule has 0 saturated carbocycles. The van der Waals surface area contributed by atoms with Crippen LogP contribution in [-0.2, 0) is 0 Å². The van der Waals surface area contributed by atoms with Crippen molar-refractivity contribution in [2.75, 3.05) is 7.11 Å². The summed E-state index contributed by atoms with van der Waals surface area (Å²) in [4.78, 5) is 0. The molecule has 0 aliphatic rings. The van der Waals surface area contributed by atoms with Gasteiger partial charge in [0.1, 0.15) is 5.75 Å². The molecule has 2 heteroatoms. The highest BCUT2D eigenvalue weighted by atomic mass is 79.9. The highest BCUT2D eigenvalue weighted by molar-refractivity contribution is 9.10. The van der Waals surface area contributed by atoms with E-state index >= 15 is 0 Å². The van der Waals surface area contributed by atoms with Crippen LogP contribution < -0.4 is 4.74 Å². The second-order valence-corrected chi connectivity index (χ2v) is 4.85. The van der Waals surface area contributed by atoms with Crippen LogP contribution >= 0.6 is 15.9 Å². The lowest BCUT2D eigenvalue weighted by Gasteiger charge is -2.08. The summed E-state index contributed by atoms with van der Waals surface area (Å²) in [5.74, 6) is 0.917. The molecule has 0 fully saturated rings. The van der Waals surface area contributed by atoms with Gasteiger partial charge in [0, 0.05) is 9.86 Å². The van der Waals surface area contributed by atoms with Crippen molar-refractivity contribution in [3.05, 3.63) is 53.0 Å². The molecule has 84 valence electrons. The Morgan fingerprint density at radius 3 is 2.35 bits per heavy atom. The third-order valence-corrected chi connectivity index (χ3v) is 3.70. The van der Waals surface area contributed by atoms with Gasteiger partial charge in [-0.1, -0.05) is 40.2 Å². The average molecular weight is 287 g/mol. The van der Waals surface area contributed by atoms with Crippen LogP contribution in [0.25, 0.3) is 21.5 Å². The van der Waals surface area contributed by atoms with Gasteiger partial charge in [-0.2, -0.15) is 0 Å². The summed E-state index contributed by atoms with van der Waals surface area (Å²) < 4.78 is 6.51. The molecule has 0 heterocycles. The van der Waals surface area contributed by atoms with Crippen molar-refractivity contribution in [3.8, 4) is 5.75 Å². The predicted molar refractivity (Wildman–Crippen MR) is 75.7 cm³/mol. The zero-order valence-electron chi connectivity index (χ0n) is 9.41. The Labute approximate surface area is 108 Å². The Morgan fingerprint density at radius 2 is 1.59 bits per heavy atom. The van der Waals surface area contributed by atoms with E-state index in [1.165, 1.54) is 16.2 Å². The first kappa shape index (κ1) is 10.6. The molecule has 0 N–H and O–H groups in total. The van der Waals surface area contributed by atoms with Crippen LogP contribution in [0.15, 0.2) is 53.0 Å². The molecule has 0 spiro atoms. The monoisotopic (exact) mass is 286 g/mol. The summed E-state index contributed by atoms with van der Waals surface area (Å²) in [6.45, 7) is 0. The average Bonchev–Trinajstić information content (AvgIpc) is 2.36. The van der Waals surface area contributed by atoms with E-state index in [2.05, 4.69) is 52.3 Å². The van der Waals surface area contributed by atoms with Gasteiger partial charge in [-0.25, -0.2) is 0 Å². The molecule has 0 aliphatic heterocycles. The number of fused-ring (bicyclic) bond motifs is 2. The fourth-order valence-electron chi connectivity index (χ4n) is 2.16. The number of benzene rings is 3. The second kappa shape index (κ2) is 4.04. The number of methoxy groups -OCH3 is 1. The summed E-state index contributed by atoms with van der Waals surface area (Å²) in [5.41, 5.74) is 0. The van der Waals surface area contributed by atoms with E-state index < -0.39 is 0 Å². The molecule has 0 aliphatic carbocycles. The molecule has 0 saturated heterocycles. The van der Waals surface area contributed by atoms with Crippen molar-refractivity contribution in [1.82, 2.24) is 0 Å². The maximum Gasteiger partial charge on any atom is 0.126 e. The van der Waals surface area contributed by atoms with Crippen LogP contribution in [0.4, 0.5) is 0 Å². The van der Waals surface area contributed by atoms with Crippen LogP contribution in [0.2, 0.25) is 0 Å². The van der Waals surface area contributed by atoms with Gasteiger partial charge < -0.3 is 4.74 Å². The van der Waals surface area contributed by atoms with Crippen LogP contribution in [0.3, 0.4) is 0 Å². The lowest BCUT2D eigenvalue weighted by atomic mass is 10.0. The number of hydrogen-bond donors (Lipinski definition) is 0. The minimum atomic E-state index is 0.917. The van der Waals surface area contributed by atoms with Crippen molar-refractivity contribution < 1.29 is 4.74 Å². The standard InChI is InChI=1S/C15H11BrO/c1-17-15-7-3-5-11-8-10-4-2-6-14(16)12(10)9-13(11)15/h2-9H,1H3. The summed E-state index contributed by atoms with van der Waals surface area (Å²) >= 11 is 3.59. The molecule has 17 heavy (non-hydrogen) atoms. The molecule has 0 radical (unpaired) electrons. The molecule has 3 aromatic rings. The van der Waals surface area contributed by atoms with E-state index in [1.807, 2.05) is 12.1 Å². The first-order valence-electron chi connectivity index (χ1n) is 5.44. The fraction of sp³-hybridized carbons (Fsp3) is 0.0667. The topological polar surface area (TPSA) is 9.23 Å². The zero-order valence-corrected chi connectivity index (χ0v) is 11.0. The van der Waals surface area contributed by atoms with Gasteiger partial charge in [0.2, 0.25) is 0 Å². The quantitative estimate of drug-likeness (QED) is 0.586. The molecular formula is C15H11BrO. The van der Waals surface area contributed by atoms with Crippen molar-refractivity contribution >= 4 is 37.5 Å². The minimum Gasteiger partial charge on any atom is -0.496 e. The zero-order chi connectivity index (χ0) is 11.8. The summed E-state index contributed by atoms with van der Waals surface area (Å²) in [6, 6.07) is 16.7. The Kier molecular flexibility index (Phi) is 2.52. The fourth-order valence-corrected chi connectivity index (χ4v) is 2.66. The number of rotatable bonds is 1.